The molecule has 1 aliphatic heterocycles. The Morgan fingerprint density at radius 1 is 1.16 bits per heavy atom. The average Bonchev–Trinajstić information content (AvgIpc) is 3.19. The van der Waals surface area contributed by atoms with Crippen molar-refractivity contribution in [2.75, 3.05) is 26.3 Å². The fourth-order valence-electron chi connectivity index (χ4n) is 3.37. The number of nitrogens with zero attached hydrogens (tertiary/aromatic N) is 4. The van der Waals surface area contributed by atoms with Crippen LogP contribution in [0.15, 0.2) is 53.4 Å². The number of sulfonamides is 1. The maximum Gasteiger partial charge on any atom is 0.274 e. The molecule has 0 saturated carbocycles. The average molecular weight is 476 g/mol. The predicted molar refractivity (Wildman–Crippen MR) is 118 cm³/mol. The van der Waals surface area contributed by atoms with E-state index in [0.717, 1.165) is 5.56 Å². The SMILES string of the molecule is Cc1c(C(=O)NCc2ccc(S(=O)(=O)N3CCOCC3)cc2)nnn1-c1cccc(Cl)c1. The first kappa shape index (κ1) is 22.4. The first-order valence-corrected chi connectivity index (χ1v) is 11.8. The molecular weight excluding hydrogens is 454 g/mol. The molecule has 0 radical (unpaired) electrons. The Bertz CT molecular complexity index is 1220. The van der Waals surface area contributed by atoms with E-state index in [0.29, 0.717) is 42.7 Å². The molecule has 1 N–H and O–H groups in total. The van der Waals surface area contributed by atoms with Gasteiger partial charge < -0.3 is 10.1 Å². The maximum atomic E-state index is 12.7. The highest BCUT2D eigenvalue weighted by Crippen LogP contribution is 2.19. The minimum atomic E-state index is -3.55. The van der Waals surface area contributed by atoms with Crippen LogP contribution < -0.4 is 5.32 Å². The Balaban J connectivity index is 1.41. The quantitative estimate of drug-likeness (QED) is 0.585. The second-order valence-electron chi connectivity index (χ2n) is 7.26. The largest absolute Gasteiger partial charge is 0.379 e. The van der Waals surface area contributed by atoms with Gasteiger partial charge in [-0.1, -0.05) is 35.0 Å². The van der Waals surface area contributed by atoms with Crippen LogP contribution in [0.25, 0.3) is 5.69 Å². The van der Waals surface area contributed by atoms with Gasteiger partial charge in [0.05, 0.1) is 29.5 Å². The molecule has 9 nitrogen and oxygen atoms in total. The molecule has 0 aliphatic carbocycles. The van der Waals surface area contributed by atoms with Gasteiger partial charge in [0, 0.05) is 24.7 Å². The smallest absolute Gasteiger partial charge is 0.274 e. The number of amides is 1. The van der Waals surface area contributed by atoms with E-state index in [4.69, 9.17) is 16.3 Å². The predicted octanol–water partition coefficient (Wildman–Crippen LogP) is 2.18. The summed E-state index contributed by atoms with van der Waals surface area (Å²) in [6.07, 6.45) is 0. The molecule has 0 bridgehead atoms. The summed E-state index contributed by atoms with van der Waals surface area (Å²) in [6.45, 7) is 3.45. The van der Waals surface area contributed by atoms with Crippen molar-refractivity contribution in [2.24, 2.45) is 0 Å². The van der Waals surface area contributed by atoms with Crippen molar-refractivity contribution in [3.05, 3.63) is 70.5 Å². The van der Waals surface area contributed by atoms with E-state index in [2.05, 4.69) is 15.6 Å². The number of halogens is 1. The van der Waals surface area contributed by atoms with E-state index in [-0.39, 0.29) is 23.0 Å². The monoisotopic (exact) mass is 475 g/mol. The van der Waals surface area contributed by atoms with Crippen LogP contribution in [0.1, 0.15) is 21.7 Å². The van der Waals surface area contributed by atoms with Crippen LogP contribution in [0.2, 0.25) is 5.02 Å². The van der Waals surface area contributed by atoms with Crippen molar-refractivity contribution < 1.29 is 17.9 Å². The number of aromatic nitrogens is 3. The molecule has 0 unspecified atom stereocenters. The molecule has 2 heterocycles. The highest BCUT2D eigenvalue weighted by atomic mass is 35.5. The minimum absolute atomic E-state index is 0.205. The van der Waals surface area contributed by atoms with Crippen molar-refractivity contribution in [2.45, 2.75) is 18.4 Å². The molecular formula is C21H22ClN5O4S. The van der Waals surface area contributed by atoms with Gasteiger partial charge in [0.2, 0.25) is 10.0 Å². The van der Waals surface area contributed by atoms with Crippen LogP contribution in [-0.2, 0) is 21.3 Å². The number of rotatable bonds is 6. The highest BCUT2D eigenvalue weighted by molar-refractivity contribution is 7.89. The lowest BCUT2D eigenvalue weighted by molar-refractivity contribution is 0.0730. The van der Waals surface area contributed by atoms with Gasteiger partial charge in [-0.2, -0.15) is 4.31 Å². The molecule has 32 heavy (non-hydrogen) atoms. The number of hydrogen-bond acceptors (Lipinski definition) is 6. The van der Waals surface area contributed by atoms with Crippen LogP contribution in [0, 0.1) is 6.92 Å². The molecule has 2 aromatic carbocycles. The number of nitrogens with one attached hydrogen (secondary N) is 1. The van der Waals surface area contributed by atoms with Gasteiger partial charge >= 0.3 is 0 Å². The van der Waals surface area contributed by atoms with Crippen LogP contribution in [-0.4, -0.2) is 59.9 Å². The summed E-state index contributed by atoms with van der Waals surface area (Å²) in [4.78, 5) is 12.8. The number of carbonyl (C=O) groups excluding carboxylic acids is 1. The van der Waals surface area contributed by atoms with Gasteiger partial charge in [0.1, 0.15) is 0 Å². The van der Waals surface area contributed by atoms with Crippen molar-refractivity contribution in [1.82, 2.24) is 24.6 Å². The van der Waals surface area contributed by atoms with E-state index in [1.54, 1.807) is 54.1 Å². The van der Waals surface area contributed by atoms with Crippen molar-refractivity contribution >= 4 is 27.5 Å². The van der Waals surface area contributed by atoms with E-state index in [1.165, 1.54) is 4.31 Å². The van der Waals surface area contributed by atoms with Crippen molar-refractivity contribution in [3.8, 4) is 5.69 Å². The molecule has 1 fully saturated rings. The Kier molecular flexibility index (Phi) is 6.56. The molecule has 4 rings (SSSR count). The Morgan fingerprint density at radius 2 is 1.88 bits per heavy atom. The highest BCUT2D eigenvalue weighted by Gasteiger charge is 2.26. The van der Waals surface area contributed by atoms with Crippen molar-refractivity contribution in [1.29, 1.82) is 0 Å². The number of ether oxygens (including phenoxy) is 1. The second kappa shape index (κ2) is 9.37. The molecule has 11 heteroatoms. The van der Waals surface area contributed by atoms with Gasteiger partial charge in [-0.25, -0.2) is 13.1 Å². The summed E-state index contributed by atoms with van der Waals surface area (Å²) in [5, 5.41) is 11.4. The van der Waals surface area contributed by atoms with Gasteiger partial charge in [-0.3, -0.25) is 4.79 Å². The zero-order chi connectivity index (χ0) is 22.7. The Hall–Kier alpha value is -2.79. The zero-order valence-corrected chi connectivity index (χ0v) is 18.9. The number of morpholine rings is 1. The van der Waals surface area contributed by atoms with Crippen LogP contribution in [0.3, 0.4) is 0 Å². The molecule has 3 aromatic rings. The van der Waals surface area contributed by atoms with E-state index >= 15 is 0 Å². The first-order valence-electron chi connectivity index (χ1n) is 9.99. The maximum absolute atomic E-state index is 12.7. The molecule has 1 amide bonds. The van der Waals surface area contributed by atoms with Gasteiger partial charge in [-0.05, 0) is 42.8 Å². The topological polar surface area (TPSA) is 106 Å². The summed E-state index contributed by atoms with van der Waals surface area (Å²) in [6, 6.07) is 13.6. The summed E-state index contributed by atoms with van der Waals surface area (Å²) in [5.74, 6) is -0.374. The second-order valence-corrected chi connectivity index (χ2v) is 9.63. The third kappa shape index (κ3) is 4.68. The van der Waals surface area contributed by atoms with Crippen LogP contribution in [0.4, 0.5) is 0 Å². The lowest BCUT2D eigenvalue weighted by Gasteiger charge is -2.26. The number of hydrogen-bond donors (Lipinski definition) is 1. The molecule has 1 saturated heterocycles. The Morgan fingerprint density at radius 3 is 2.56 bits per heavy atom. The molecule has 168 valence electrons. The summed E-state index contributed by atoms with van der Waals surface area (Å²) in [5.41, 5.74) is 2.26. The Labute approximate surface area is 191 Å². The number of benzene rings is 2. The molecule has 0 spiro atoms. The summed E-state index contributed by atoms with van der Waals surface area (Å²) in [7, 11) is -3.55. The van der Waals surface area contributed by atoms with Crippen molar-refractivity contribution in [3.63, 3.8) is 0 Å². The third-order valence-corrected chi connectivity index (χ3v) is 7.29. The number of carbonyl (C=O) groups is 1. The lowest BCUT2D eigenvalue weighted by atomic mass is 10.2. The van der Waals surface area contributed by atoms with E-state index in [1.807, 2.05) is 6.07 Å². The summed E-state index contributed by atoms with van der Waals surface area (Å²) < 4.78 is 33.6. The molecule has 1 aromatic heterocycles. The molecule has 1 aliphatic rings. The lowest BCUT2D eigenvalue weighted by Crippen LogP contribution is -2.40. The normalized spacial score (nSPS) is 14.9. The molecule has 0 atom stereocenters. The first-order chi connectivity index (χ1) is 15.4. The minimum Gasteiger partial charge on any atom is -0.379 e. The zero-order valence-electron chi connectivity index (χ0n) is 17.4. The van der Waals surface area contributed by atoms with Gasteiger partial charge in [-0.15, -0.1) is 5.10 Å². The third-order valence-electron chi connectivity index (χ3n) is 5.15. The van der Waals surface area contributed by atoms with Gasteiger partial charge in [0.25, 0.3) is 5.91 Å². The summed E-state index contributed by atoms with van der Waals surface area (Å²) >= 11 is 6.03. The standard InChI is InChI=1S/C21H22ClN5O4S/c1-15-20(24-25-27(15)18-4-2-3-17(22)13-18)21(28)23-14-16-5-7-19(8-6-16)32(29,30)26-9-11-31-12-10-26/h2-8,13H,9-12,14H2,1H3,(H,23,28). The van der Waals surface area contributed by atoms with E-state index < -0.39 is 10.0 Å². The fraction of sp³-hybridized carbons (Fsp3) is 0.286. The van der Waals surface area contributed by atoms with Crippen LogP contribution >= 0.6 is 11.6 Å². The van der Waals surface area contributed by atoms with E-state index in [9.17, 15) is 13.2 Å². The van der Waals surface area contributed by atoms with Gasteiger partial charge in [0.15, 0.2) is 5.69 Å². The fourth-order valence-corrected chi connectivity index (χ4v) is 4.97. The van der Waals surface area contributed by atoms with Crippen LogP contribution in [0.5, 0.6) is 0 Å².